The predicted molar refractivity (Wildman–Crippen MR) is 88.2 cm³/mol. The van der Waals surface area contributed by atoms with Gasteiger partial charge in [-0.2, -0.15) is 17.4 Å². The topological polar surface area (TPSA) is 102 Å². The van der Waals surface area contributed by atoms with E-state index in [4.69, 9.17) is 4.74 Å². The van der Waals surface area contributed by atoms with Gasteiger partial charge in [-0.05, 0) is 32.1 Å². The van der Waals surface area contributed by atoms with Crippen LogP contribution in [-0.4, -0.2) is 57.5 Å². The zero-order chi connectivity index (χ0) is 18.3. The van der Waals surface area contributed by atoms with E-state index in [1.54, 1.807) is 6.92 Å². The van der Waals surface area contributed by atoms with Crippen molar-refractivity contribution in [2.75, 3.05) is 26.8 Å². The highest BCUT2D eigenvalue weighted by atomic mass is 32.2. The summed E-state index contributed by atoms with van der Waals surface area (Å²) in [5.74, 6) is -1.36. The molecule has 1 fully saturated rings. The van der Waals surface area contributed by atoms with Crippen LogP contribution in [0, 0.1) is 11.8 Å². The lowest BCUT2D eigenvalue weighted by molar-refractivity contribution is -0.149. The molecule has 0 aromatic rings. The highest BCUT2D eigenvalue weighted by Gasteiger charge is 2.35. The molecule has 0 bridgehead atoms. The molecule has 140 valence electrons. The first-order chi connectivity index (χ1) is 11.2. The van der Waals surface area contributed by atoms with E-state index in [1.165, 1.54) is 11.4 Å². The van der Waals surface area contributed by atoms with Crippen molar-refractivity contribution in [3.05, 3.63) is 0 Å². The van der Waals surface area contributed by atoms with Crippen LogP contribution in [0.2, 0.25) is 0 Å². The predicted octanol–water partition coefficient (Wildman–Crippen LogP) is 0.684. The van der Waals surface area contributed by atoms with Gasteiger partial charge in [0, 0.05) is 13.1 Å². The summed E-state index contributed by atoms with van der Waals surface area (Å²) in [6, 6.07) is -0.942. The Balaban J connectivity index is 2.81. The normalized spacial score (nSPS) is 20.6. The van der Waals surface area contributed by atoms with Crippen LogP contribution in [0.5, 0.6) is 0 Å². The number of carbonyl (C=O) groups is 2. The van der Waals surface area contributed by atoms with Crippen molar-refractivity contribution in [3.63, 3.8) is 0 Å². The second-order valence-corrected chi connectivity index (χ2v) is 7.98. The summed E-state index contributed by atoms with van der Waals surface area (Å²) < 4.78 is 38.4. The molecule has 24 heavy (non-hydrogen) atoms. The minimum absolute atomic E-state index is 0.0593. The van der Waals surface area contributed by atoms with Gasteiger partial charge in [-0.25, -0.2) is 0 Å². The molecule has 1 rings (SSSR count). The summed E-state index contributed by atoms with van der Waals surface area (Å²) in [7, 11) is -2.67. The number of hydrogen-bond acceptors (Lipinski definition) is 6. The van der Waals surface area contributed by atoms with Crippen molar-refractivity contribution >= 4 is 22.1 Å². The SMILES string of the molecule is CCOC(=O)C1CCCN(S(=O)(=O)NC(CC(C)C)C(=O)OC)C1. The largest absolute Gasteiger partial charge is 0.468 e. The Morgan fingerprint density at radius 3 is 2.54 bits per heavy atom. The zero-order valence-electron chi connectivity index (χ0n) is 14.8. The van der Waals surface area contributed by atoms with Crippen molar-refractivity contribution in [1.82, 2.24) is 9.03 Å². The van der Waals surface area contributed by atoms with Gasteiger partial charge in [-0.15, -0.1) is 0 Å². The van der Waals surface area contributed by atoms with Crippen LogP contribution in [0.3, 0.4) is 0 Å². The highest BCUT2D eigenvalue weighted by molar-refractivity contribution is 7.87. The summed E-state index contributed by atoms with van der Waals surface area (Å²) in [6.07, 6.45) is 1.50. The summed E-state index contributed by atoms with van der Waals surface area (Å²) in [6.45, 7) is 6.12. The van der Waals surface area contributed by atoms with Crippen molar-refractivity contribution in [2.24, 2.45) is 11.8 Å². The number of hydrogen-bond donors (Lipinski definition) is 1. The van der Waals surface area contributed by atoms with Crippen molar-refractivity contribution in [2.45, 2.75) is 46.1 Å². The molecule has 2 unspecified atom stereocenters. The second kappa shape index (κ2) is 9.33. The van der Waals surface area contributed by atoms with Gasteiger partial charge in [0.1, 0.15) is 6.04 Å². The lowest BCUT2D eigenvalue weighted by atomic mass is 10.0. The fourth-order valence-electron chi connectivity index (χ4n) is 2.67. The van der Waals surface area contributed by atoms with Crippen molar-refractivity contribution in [1.29, 1.82) is 0 Å². The average molecular weight is 364 g/mol. The monoisotopic (exact) mass is 364 g/mol. The number of methoxy groups -OCH3 is 1. The number of nitrogens with one attached hydrogen (secondary N) is 1. The Morgan fingerprint density at radius 1 is 1.33 bits per heavy atom. The molecule has 9 heteroatoms. The third-order valence-electron chi connectivity index (χ3n) is 3.83. The molecule has 8 nitrogen and oxygen atoms in total. The minimum Gasteiger partial charge on any atom is -0.468 e. The third-order valence-corrected chi connectivity index (χ3v) is 5.42. The standard InChI is InChI=1S/C15H28N2O6S/c1-5-23-14(18)12-7-6-8-17(10-12)24(20,21)16-13(9-11(2)3)15(19)22-4/h11-13,16H,5-10H2,1-4H3. The molecule has 0 aromatic heterocycles. The van der Waals surface area contributed by atoms with Crippen molar-refractivity contribution in [3.8, 4) is 0 Å². The number of rotatable bonds is 8. The molecule has 0 saturated carbocycles. The lowest BCUT2D eigenvalue weighted by Gasteiger charge is -2.31. The zero-order valence-corrected chi connectivity index (χ0v) is 15.6. The summed E-state index contributed by atoms with van der Waals surface area (Å²) in [4.78, 5) is 23.7. The number of carbonyl (C=O) groups excluding carboxylic acids is 2. The first-order valence-corrected chi connectivity index (χ1v) is 9.67. The fourth-order valence-corrected chi connectivity index (χ4v) is 4.12. The van der Waals surface area contributed by atoms with E-state index in [1.807, 2.05) is 13.8 Å². The van der Waals surface area contributed by atoms with Gasteiger partial charge in [0.05, 0.1) is 19.6 Å². The van der Waals surface area contributed by atoms with Crippen LogP contribution < -0.4 is 4.72 Å². The number of nitrogens with zero attached hydrogens (tertiary/aromatic N) is 1. The molecule has 1 aliphatic rings. The van der Waals surface area contributed by atoms with Gasteiger partial charge < -0.3 is 9.47 Å². The van der Waals surface area contributed by atoms with E-state index < -0.39 is 28.1 Å². The lowest BCUT2D eigenvalue weighted by Crippen LogP contribution is -2.52. The van der Waals surface area contributed by atoms with Crippen LogP contribution in [-0.2, 0) is 29.3 Å². The highest BCUT2D eigenvalue weighted by Crippen LogP contribution is 2.20. The first kappa shape index (κ1) is 20.9. The van der Waals surface area contributed by atoms with Crippen LogP contribution >= 0.6 is 0 Å². The smallest absolute Gasteiger partial charge is 0.323 e. The Morgan fingerprint density at radius 2 is 2.00 bits per heavy atom. The first-order valence-electron chi connectivity index (χ1n) is 8.23. The van der Waals surface area contributed by atoms with Gasteiger partial charge in [-0.3, -0.25) is 9.59 Å². The molecular weight excluding hydrogens is 336 g/mol. The van der Waals surface area contributed by atoms with E-state index in [9.17, 15) is 18.0 Å². The molecule has 0 aliphatic carbocycles. The summed E-state index contributed by atoms with van der Waals surface area (Å²) in [5.41, 5.74) is 0. The molecule has 1 aliphatic heterocycles. The number of piperidine rings is 1. The summed E-state index contributed by atoms with van der Waals surface area (Å²) >= 11 is 0. The fraction of sp³-hybridized carbons (Fsp3) is 0.867. The van der Waals surface area contributed by atoms with E-state index >= 15 is 0 Å². The number of ether oxygens (including phenoxy) is 2. The maximum absolute atomic E-state index is 12.6. The van der Waals surface area contributed by atoms with Gasteiger partial charge >= 0.3 is 11.9 Å². The van der Waals surface area contributed by atoms with Crippen LogP contribution in [0.4, 0.5) is 0 Å². The quantitative estimate of drug-likeness (QED) is 0.636. The minimum atomic E-state index is -3.89. The van der Waals surface area contributed by atoms with Crippen LogP contribution in [0.25, 0.3) is 0 Å². The van der Waals surface area contributed by atoms with Crippen molar-refractivity contribution < 1.29 is 27.5 Å². The van der Waals surface area contributed by atoms with Gasteiger partial charge in [0.25, 0.3) is 10.2 Å². The van der Waals surface area contributed by atoms with Gasteiger partial charge in [-0.1, -0.05) is 13.8 Å². The van der Waals surface area contributed by atoms with Crippen LogP contribution in [0.1, 0.15) is 40.0 Å². The molecule has 0 aromatic carbocycles. The van der Waals surface area contributed by atoms with Gasteiger partial charge in [0.15, 0.2) is 0 Å². The maximum Gasteiger partial charge on any atom is 0.323 e. The molecule has 0 radical (unpaired) electrons. The second-order valence-electron chi connectivity index (χ2n) is 6.28. The van der Waals surface area contributed by atoms with Crippen LogP contribution in [0.15, 0.2) is 0 Å². The maximum atomic E-state index is 12.6. The molecule has 0 amide bonds. The Bertz CT molecular complexity index is 534. The summed E-state index contributed by atoms with van der Waals surface area (Å²) in [5, 5.41) is 0. The number of esters is 2. The molecule has 1 heterocycles. The van der Waals surface area contributed by atoms with E-state index in [0.29, 0.717) is 25.8 Å². The molecular formula is C15H28N2O6S. The van der Waals surface area contributed by atoms with E-state index in [2.05, 4.69) is 9.46 Å². The molecule has 1 N–H and O–H groups in total. The van der Waals surface area contributed by atoms with E-state index in [-0.39, 0.29) is 25.0 Å². The van der Waals surface area contributed by atoms with E-state index in [0.717, 1.165) is 0 Å². The van der Waals surface area contributed by atoms with Gasteiger partial charge in [0.2, 0.25) is 0 Å². The average Bonchev–Trinajstić information content (AvgIpc) is 2.53. The molecule has 0 spiro atoms. The third kappa shape index (κ3) is 6.03. The molecule has 2 atom stereocenters. The Hall–Kier alpha value is -1.19. The Labute approximate surface area is 144 Å². The Kier molecular flexibility index (Phi) is 8.11. The molecule has 1 saturated heterocycles.